The third kappa shape index (κ3) is 2.28. The molecule has 2 aromatic rings. The number of rotatable bonds is 2. The van der Waals surface area contributed by atoms with Crippen LogP contribution in [0.3, 0.4) is 0 Å². The first kappa shape index (κ1) is 11.7. The summed E-state index contributed by atoms with van der Waals surface area (Å²) < 4.78 is 8.25. The molecule has 18 heavy (non-hydrogen) atoms. The van der Waals surface area contributed by atoms with Gasteiger partial charge in [0.25, 0.3) is 0 Å². The minimum Gasteiger partial charge on any atom is -0.368 e. The van der Waals surface area contributed by atoms with E-state index in [2.05, 4.69) is 42.8 Å². The fourth-order valence-corrected chi connectivity index (χ4v) is 2.95. The number of halogens is 1. The van der Waals surface area contributed by atoms with E-state index in [9.17, 15) is 0 Å². The number of anilines is 2. The number of benzene rings is 1. The van der Waals surface area contributed by atoms with Gasteiger partial charge < -0.3 is 9.80 Å². The highest BCUT2D eigenvalue weighted by molar-refractivity contribution is 6.99. The van der Waals surface area contributed by atoms with E-state index in [1.54, 1.807) is 0 Å². The van der Waals surface area contributed by atoms with Gasteiger partial charge in [0.1, 0.15) is 0 Å². The summed E-state index contributed by atoms with van der Waals surface area (Å²) in [5, 5.41) is 0.521. The lowest BCUT2D eigenvalue weighted by atomic mass is 10.2. The highest BCUT2D eigenvalue weighted by Crippen LogP contribution is 2.25. The van der Waals surface area contributed by atoms with Gasteiger partial charge in [-0.15, -0.1) is 0 Å². The largest absolute Gasteiger partial charge is 0.368 e. The van der Waals surface area contributed by atoms with Crippen LogP contribution in [-0.4, -0.2) is 34.9 Å². The minimum atomic E-state index is 0.521. The summed E-state index contributed by atoms with van der Waals surface area (Å²) >= 11 is 7.18. The van der Waals surface area contributed by atoms with Crippen molar-refractivity contribution in [3.05, 3.63) is 35.5 Å². The van der Waals surface area contributed by atoms with Crippen LogP contribution in [0.4, 0.5) is 11.5 Å². The van der Waals surface area contributed by atoms with Gasteiger partial charge in [-0.05, 0) is 12.1 Å². The SMILES string of the molecule is Clc1nsnc1N1CCN(c2ccccc2)CC1. The first-order valence-electron chi connectivity index (χ1n) is 5.87. The van der Waals surface area contributed by atoms with Crippen molar-refractivity contribution in [1.29, 1.82) is 0 Å². The van der Waals surface area contributed by atoms with Crippen LogP contribution in [0.2, 0.25) is 5.15 Å². The maximum Gasteiger partial charge on any atom is 0.187 e. The van der Waals surface area contributed by atoms with Gasteiger partial charge in [-0.2, -0.15) is 8.75 Å². The molecular weight excluding hydrogens is 268 g/mol. The number of para-hydroxylation sites is 1. The molecule has 0 saturated carbocycles. The van der Waals surface area contributed by atoms with Gasteiger partial charge in [0.15, 0.2) is 11.0 Å². The Hall–Kier alpha value is -1.33. The second-order valence-electron chi connectivity index (χ2n) is 4.19. The molecule has 94 valence electrons. The fraction of sp³-hybridized carbons (Fsp3) is 0.333. The van der Waals surface area contributed by atoms with E-state index in [0.29, 0.717) is 5.15 Å². The van der Waals surface area contributed by atoms with Crippen LogP contribution in [0.25, 0.3) is 0 Å². The average Bonchev–Trinajstić information content (AvgIpc) is 2.86. The van der Waals surface area contributed by atoms with Crippen molar-refractivity contribution in [1.82, 2.24) is 8.75 Å². The first-order chi connectivity index (χ1) is 8.84. The van der Waals surface area contributed by atoms with Crippen molar-refractivity contribution in [3.8, 4) is 0 Å². The third-order valence-electron chi connectivity index (χ3n) is 3.13. The Labute approximate surface area is 115 Å². The molecule has 0 unspecified atom stereocenters. The van der Waals surface area contributed by atoms with Crippen LogP contribution >= 0.6 is 23.3 Å². The Bertz CT molecular complexity index is 508. The smallest absolute Gasteiger partial charge is 0.187 e. The van der Waals surface area contributed by atoms with E-state index >= 15 is 0 Å². The fourth-order valence-electron chi connectivity index (χ4n) is 2.18. The molecule has 0 radical (unpaired) electrons. The van der Waals surface area contributed by atoms with Crippen molar-refractivity contribution in [2.24, 2.45) is 0 Å². The van der Waals surface area contributed by atoms with Gasteiger partial charge >= 0.3 is 0 Å². The average molecular weight is 281 g/mol. The molecule has 0 bridgehead atoms. The maximum absolute atomic E-state index is 6.01. The molecule has 0 aliphatic carbocycles. The highest BCUT2D eigenvalue weighted by atomic mass is 35.5. The molecule has 1 saturated heterocycles. The predicted octanol–water partition coefficient (Wildman–Crippen LogP) is 2.52. The summed E-state index contributed by atoms with van der Waals surface area (Å²) in [5.41, 5.74) is 1.28. The Morgan fingerprint density at radius 3 is 2.22 bits per heavy atom. The first-order valence-corrected chi connectivity index (χ1v) is 6.98. The molecule has 0 atom stereocenters. The molecule has 4 nitrogen and oxygen atoms in total. The summed E-state index contributed by atoms with van der Waals surface area (Å²) in [4.78, 5) is 4.58. The van der Waals surface area contributed by atoms with Crippen LogP contribution in [0.15, 0.2) is 30.3 Å². The van der Waals surface area contributed by atoms with Crippen molar-refractivity contribution < 1.29 is 0 Å². The van der Waals surface area contributed by atoms with E-state index in [-0.39, 0.29) is 0 Å². The van der Waals surface area contributed by atoms with Crippen LogP contribution < -0.4 is 9.80 Å². The molecule has 1 fully saturated rings. The lowest BCUT2D eigenvalue weighted by molar-refractivity contribution is 0.649. The van der Waals surface area contributed by atoms with Crippen LogP contribution in [0.1, 0.15) is 0 Å². The molecule has 3 rings (SSSR count). The number of nitrogens with zero attached hydrogens (tertiary/aromatic N) is 4. The lowest BCUT2D eigenvalue weighted by Gasteiger charge is -2.36. The van der Waals surface area contributed by atoms with Gasteiger partial charge in [-0.3, -0.25) is 0 Å². The molecular formula is C12H13ClN4S. The number of aromatic nitrogens is 2. The van der Waals surface area contributed by atoms with Crippen LogP contribution in [0.5, 0.6) is 0 Å². The Morgan fingerprint density at radius 1 is 0.944 bits per heavy atom. The van der Waals surface area contributed by atoms with Crippen molar-refractivity contribution in [3.63, 3.8) is 0 Å². The molecule has 1 aromatic heterocycles. The zero-order valence-electron chi connectivity index (χ0n) is 9.79. The standard InChI is InChI=1S/C12H13ClN4S/c13-11-12(15-18-14-11)17-8-6-16(7-9-17)10-4-2-1-3-5-10/h1-5H,6-9H2. The quantitative estimate of drug-likeness (QED) is 0.846. The predicted molar refractivity (Wildman–Crippen MR) is 75.8 cm³/mol. The van der Waals surface area contributed by atoms with Crippen molar-refractivity contribution in [2.45, 2.75) is 0 Å². The van der Waals surface area contributed by atoms with E-state index < -0.39 is 0 Å². The molecule has 2 heterocycles. The van der Waals surface area contributed by atoms with Crippen molar-refractivity contribution >= 4 is 34.8 Å². The van der Waals surface area contributed by atoms with E-state index in [1.165, 1.54) is 17.4 Å². The van der Waals surface area contributed by atoms with Crippen LogP contribution in [-0.2, 0) is 0 Å². The highest BCUT2D eigenvalue weighted by Gasteiger charge is 2.21. The summed E-state index contributed by atoms with van der Waals surface area (Å²) in [5.74, 6) is 0.828. The molecule has 1 aliphatic rings. The number of hydrogen-bond donors (Lipinski definition) is 0. The Morgan fingerprint density at radius 2 is 1.61 bits per heavy atom. The Kier molecular flexibility index (Phi) is 3.34. The zero-order valence-corrected chi connectivity index (χ0v) is 11.4. The monoisotopic (exact) mass is 280 g/mol. The topological polar surface area (TPSA) is 32.3 Å². The van der Waals surface area contributed by atoms with Gasteiger partial charge in [-0.25, -0.2) is 0 Å². The van der Waals surface area contributed by atoms with E-state index in [1.807, 2.05) is 6.07 Å². The summed E-state index contributed by atoms with van der Waals surface area (Å²) in [6, 6.07) is 10.5. The van der Waals surface area contributed by atoms with Gasteiger partial charge in [-0.1, -0.05) is 29.8 Å². The maximum atomic E-state index is 6.01. The van der Waals surface area contributed by atoms with Gasteiger partial charge in [0, 0.05) is 31.9 Å². The van der Waals surface area contributed by atoms with Gasteiger partial charge in [0.2, 0.25) is 0 Å². The second-order valence-corrected chi connectivity index (χ2v) is 5.07. The molecule has 1 aromatic carbocycles. The molecule has 0 N–H and O–H groups in total. The Balaban J connectivity index is 1.67. The van der Waals surface area contributed by atoms with Crippen LogP contribution in [0, 0.1) is 0 Å². The summed E-state index contributed by atoms with van der Waals surface area (Å²) in [6.45, 7) is 3.83. The zero-order chi connectivity index (χ0) is 12.4. The number of hydrogen-bond acceptors (Lipinski definition) is 5. The normalized spacial score (nSPS) is 16.1. The molecule has 0 amide bonds. The van der Waals surface area contributed by atoms with Gasteiger partial charge in [0.05, 0.1) is 11.7 Å². The van der Waals surface area contributed by atoms with E-state index in [0.717, 1.165) is 32.0 Å². The second kappa shape index (κ2) is 5.12. The lowest BCUT2D eigenvalue weighted by Crippen LogP contribution is -2.46. The van der Waals surface area contributed by atoms with Crippen molar-refractivity contribution in [2.75, 3.05) is 36.0 Å². The molecule has 0 spiro atoms. The molecule has 6 heteroatoms. The third-order valence-corrected chi connectivity index (χ3v) is 4.01. The summed E-state index contributed by atoms with van der Waals surface area (Å²) in [7, 11) is 0. The molecule has 1 aliphatic heterocycles. The number of piperazine rings is 1. The van der Waals surface area contributed by atoms with E-state index in [4.69, 9.17) is 11.6 Å². The minimum absolute atomic E-state index is 0.521. The summed E-state index contributed by atoms with van der Waals surface area (Å²) in [6.07, 6.45) is 0.